The van der Waals surface area contributed by atoms with Crippen molar-refractivity contribution in [3.8, 4) is 5.75 Å². The number of nitrogens with zero attached hydrogens (tertiary/aromatic N) is 3. The molecule has 1 atom stereocenters. The van der Waals surface area contributed by atoms with Gasteiger partial charge in [-0.2, -0.15) is 15.0 Å². The molecule has 1 aromatic carbocycles. The van der Waals surface area contributed by atoms with Crippen molar-refractivity contribution in [3.05, 3.63) is 35.7 Å². The van der Waals surface area contributed by atoms with Gasteiger partial charge in [-0.25, -0.2) is 0 Å². The van der Waals surface area contributed by atoms with Crippen LogP contribution in [0.1, 0.15) is 24.4 Å². The first-order valence-electron chi connectivity index (χ1n) is 6.33. The van der Waals surface area contributed by atoms with Crippen molar-refractivity contribution < 1.29 is 17.9 Å². The molecule has 0 amide bonds. The molecular weight excluding hydrogens is 299 g/mol. The first-order valence-corrected chi connectivity index (χ1v) is 6.33. The standard InChI is InChI=1S/C13H14F3N5O/c1-7(18-12-20-8(2)19-11(17)21-12)9-3-5-10(6-4-9)22-13(14,15)16/h3-7H,1-2H3,(H3,17,18,19,20,21). The zero-order chi connectivity index (χ0) is 16.3. The minimum Gasteiger partial charge on any atom is -0.406 e. The van der Waals surface area contributed by atoms with Crippen LogP contribution in [0.2, 0.25) is 0 Å². The van der Waals surface area contributed by atoms with E-state index in [1.165, 1.54) is 24.3 Å². The second kappa shape index (κ2) is 6.04. The Labute approximate surface area is 124 Å². The van der Waals surface area contributed by atoms with Gasteiger partial charge in [0, 0.05) is 0 Å². The summed E-state index contributed by atoms with van der Waals surface area (Å²) in [6.45, 7) is 3.49. The van der Waals surface area contributed by atoms with Crippen LogP contribution in [0, 0.1) is 6.92 Å². The molecule has 0 saturated carbocycles. The average molecular weight is 313 g/mol. The van der Waals surface area contributed by atoms with Crippen LogP contribution in [0.15, 0.2) is 24.3 Å². The van der Waals surface area contributed by atoms with Gasteiger partial charge in [0.15, 0.2) is 0 Å². The third-order valence-electron chi connectivity index (χ3n) is 2.72. The number of rotatable bonds is 4. The molecular formula is C13H14F3N5O. The summed E-state index contributed by atoms with van der Waals surface area (Å²) in [5.41, 5.74) is 6.27. The van der Waals surface area contributed by atoms with Crippen LogP contribution in [0.25, 0.3) is 0 Å². The molecule has 22 heavy (non-hydrogen) atoms. The summed E-state index contributed by atoms with van der Waals surface area (Å²) in [5.74, 6) is 0.587. The lowest BCUT2D eigenvalue weighted by Crippen LogP contribution is -2.17. The SMILES string of the molecule is Cc1nc(N)nc(NC(C)c2ccc(OC(F)(F)F)cc2)n1. The van der Waals surface area contributed by atoms with Gasteiger partial charge in [0.05, 0.1) is 6.04 Å². The monoisotopic (exact) mass is 313 g/mol. The van der Waals surface area contributed by atoms with Gasteiger partial charge in [-0.1, -0.05) is 12.1 Å². The maximum absolute atomic E-state index is 12.1. The zero-order valence-corrected chi connectivity index (χ0v) is 11.8. The van der Waals surface area contributed by atoms with Gasteiger partial charge in [0.2, 0.25) is 11.9 Å². The molecule has 0 saturated heterocycles. The summed E-state index contributed by atoms with van der Waals surface area (Å²) in [5, 5.41) is 3.00. The Hall–Kier alpha value is -2.58. The van der Waals surface area contributed by atoms with Crippen molar-refractivity contribution in [2.45, 2.75) is 26.3 Å². The minimum atomic E-state index is -4.70. The molecule has 0 aliphatic heterocycles. The van der Waals surface area contributed by atoms with Gasteiger partial charge in [0.25, 0.3) is 0 Å². The molecule has 1 aromatic heterocycles. The first-order chi connectivity index (χ1) is 10.2. The first kappa shape index (κ1) is 15.8. The molecule has 0 aliphatic rings. The quantitative estimate of drug-likeness (QED) is 0.902. The minimum absolute atomic E-state index is 0.0936. The Bertz CT molecular complexity index is 625. The lowest BCUT2D eigenvalue weighted by molar-refractivity contribution is -0.274. The molecule has 0 aliphatic carbocycles. The molecule has 6 nitrogen and oxygen atoms in total. The fourth-order valence-electron chi connectivity index (χ4n) is 1.80. The average Bonchev–Trinajstić information content (AvgIpc) is 2.36. The van der Waals surface area contributed by atoms with Crippen molar-refractivity contribution in [3.63, 3.8) is 0 Å². The number of aromatic nitrogens is 3. The van der Waals surface area contributed by atoms with Gasteiger partial charge in [-0.3, -0.25) is 0 Å². The van der Waals surface area contributed by atoms with E-state index in [9.17, 15) is 13.2 Å². The molecule has 0 fully saturated rings. The number of ether oxygens (including phenoxy) is 1. The highest BCUT2D eigenvalue weighted by molar-refractivity contribution is 5.36. The second-order valence-electron chi connectivity index (χ2n) is 4.55. The number of hydrogen-bond donors (Lipinski definition) is 2. The number of anilines is 2. The summed E-state index contributed by atoms with van der Waals surface area (Å²) < 4.78 is 40.1. The summed E-state index contributed by atoms with van der Waals surface area (Å²) in [6.07, 6.45) is -4.70. The maximum atomic E-state index is 12.1. The van der Waals surface area contributed by atoms with Crippen molar-refractivity contribution >= 4 is 11.9 Å². The lowest BCUT2D eigenvalue weighted by atomic mass is 10.1. The second-order valence-corrected chi connectivity index (χ2v) is 4.55. The van der Waals surface area contributed by atoms with E-state index < -0.39 is 6.36 Å². The number of alkyl halides is 3. The molecule has 1 unspecified atom stereocenters. The van der Waals surface area contributed by atoms with E-state index in [2.05, 4.69) is 25.0 Å². The Balaban J connectivity index is 2.07. The van der Waals surface area contributed by atoms with Crippen molar-refractivity contribution in [1.82, 2.24) is 15.0 Å². The molecule has 0 spiro atoms. The highest BCUT2D eigenvalue weighted by atomic mass is 19.4. The van der Waals surface area contributed by atoms with Gasteiger partial charge in [-0.15, -0.1) is 13.2 Å². The van der Waals surface area contributed by atoms with E-state index in [1.807, 2.05) is 6.92 Å². The highest BCUT2D eigenvalue weighted by Gasteiger charge is 2.31. The number of nitrogen functional groups attached to an aromatic ring is 1. The third-order valence-corrected chi connectivity index (χ3v) is 2.72. The predicted octanol–water partition coefficient (Wildman–Crippen LogP) is 2.83. The van der Waals surface area contributed by atoms with E-state index in [-0.39, 0.29) is 17.7 Å². The van der Waals surface area contributed by atoms with E-state index in [0.717, 1.165) is 5.56 Å². The number of hydrogen-bond acceptors (Lipinski definition) is 6. The summed E-state index contributed by atoms with van der Waals surface area (Å²) >= 11 is 0. The van der Waals surface area contributed by atoms with E-state index in [1.54, 1.807) is 6.92 Å². The number of benzene rings is 1. The van der Waals surface area contributed by atoms with E-state index in [0.29, 0.717) is 11.8 Å². The number of nitrogens with two attached hydrogens (primary N) is 1. The molecule has 1 heterocycles. The maximum Gasteiger partial charge on any atom is 0.573 e. The van der Waals surface area contributed by atoms with Crippen LogP contribution in [0.5, 0.6) is 5.75 Å². The molecule has 2 rings (SSSR count). The van der Waals surface area contributed by atoms with Gasteiger partial charge >= 0.3 is 6.36 Å². The fourth-order valence-corrected chi connectivity index (χ4v) is 1.80. The van der Waals surface area contributed by atoms with Crippen LogP contribution in [0.4, 0.5) is 25.1 Å². The molecule has 3 N–H and O–H groups in total. The normalized spacial score (nSPS) is 12.8. The highest BCUT2D eigenvalue weighted by Crippen LogP contribution is 2.25. The predicted molar refractivity (Wildman–Crippen MR) is 74.1 cm³/mol. The molecule has 118 valence electrons. The Morgan fingerprint density at radius 2 is 1.77 bits per heavy atom. The van der Waals surface area contributed by atoms with Crippen LogP contribution >= 0.6 is 0 Å². The van der Waals surface area contributed by atoms with Gasteiger partial charge < -0.3 is 15.8 Å². The smallest absolute Gasteiger partial charge is 0.406 e. The lowest BCUT2D eigenvalue weighted by Gasteiger charge is -2.15. The van der Waals surface area contributed by atoms with Crippen molar-refractivity contribution in [2.24, 2.45) is 0 Å². The fraction of sp³-hybridized carbons (Fsp3) is 0.308. The molecule has 2 aromatic rings. The van der Waals surface area contributed by atoms with E-state index >= 15 is 0 Å². The molecule has 0 bridgehead atoms. The van der Waals surface area contributed by atoms with Crippen LogP contribution in [-0.2, 0) is 0 Å². The van der Waals surface area contributed by atoms with Crippen LogP contribution < -0.4 is 15.8 Å². The zero-order valence-electron chi connectivity index (χ0n) is 11.8. The number of halogens is 3. The van der Waals surface area contributed by atoms with Crippen LogP contribution in [-0.4, -0.2) is 21.3 Å². The summed E-state index contributed by atoms with van der Waals surface area (Å²) in [4.78, 5) is 11.9. The van der Waals surface area contributed by atoms with Gasteiger partial charge in [-0.05, 0) is 31.5 Å². The largest absolute Gasteiger partial charge is 0.573 e. The Morgan fingerprint density at radius 1 is 1.14 bits per heavy atom. The topological polar surface area (TPSA) is 86.0 Å². The van der Waals surface area contributed by atoms with Crippen molar-refractivity contribution in [1.29, 1.82) is 0 Å². The summed E-state index contributed by atoms with van der Waals surface area (Å²) in [7, 11) is 0. The number of aryl methyl sites for hydroxylation is 1. The van der Waals surface area contributed by atoms with Crippen LogP contribution in [0.3, 0.4) is 0 Å². The van der Waals surface area contributed by atoms with Gasteiger partial charge in [0.1, 0.15) is 11.6 Å². The third kappa shape index (κ3) is 4.47. The number of nitrogens with one attached hydrogen (secondary N) is 1. The molecule has 0 radical (unpaired) electrons. The summed E-state index contributed by atoms with van der Waals surface area (Å²) in [6, 6.07) is 5.30. The molecule has 9 heteroatoms. The Kier molecular flexibility index (Phi) is 4.34. The van der Waals surface area contributed by atoms with Crippen molar-refractivity contribution in [2.75, 3.05) is 11.1 Å². The Morgan fingerprint density at radius 3 is 2.32 bits per heavy atom. The van der Waals surface area contributed by atoms with E-state index in [4.69, 9.17) is 5.73 Å².